The number of carboxylic acid groups (broad SMARTS) is 1. The number of alkyl halides is 3. The Balaban J connectivity index is 1.98. The molecule has 0 radical (unpaired) electrons. The highest BCUT2D eigenvalue weighted by molar-refractivity contribution is 7.85. The minimum atomic E-state index is -4.42. The molecule has 0 aliphatic carbocycles. The maximum atomic E-state index is 12.7. The smallest absolute Gasteiger partial charge is 0.416 e. The molecule has 0 aliphatic heterocycles. The summed E-state index contributed by atoms with van der Waals surface area (Å²) in [5, 5.41) is 8.69. The molecular formula is C21H23F3O6S. The van der Waals surface area contributed by atoms with Gasteiger partial charge in [-0.1, -0.05) is 0 Å². The number of hydrogen-bond donors (Lipinski definition) is 1. The number of carbonyl (C=O) groups is 1. The lowest BCUT2D eigenvalue weighted by Crippen LogP contribution is -2.28. The molecule has 2 aromatic carbocycles. The molecule has 2 aromatic rings. The number of ether oxygens (including phenoxy) is 3. The van der Waals surface area contributed by atoms with Gasteiger partial charge in [0, 0.05) is 11.5 Å². The van der Waals surface area contributed by atoms with Gasteiger partial charge in [-0.05, 0) is 61.9 Å². The van der Waals surface area contributed by atoms with Crippen LogP contribution in [0.4, 0.5) is 13.2 Å². The van der Waals surface area contributed by atoms with Crippen LogP contribution in [0.25, 0.3) is 0 Å². The molecule has 0 aliphatic rings. The van der Waals surface area contributed by atoms with Crippen molar-refractivity contribution >= 4 is 16.8 Å². The number of rotatable bonds is 11. The third-order valence-corrected chi connectivity index (χ3v) is 5.57. The molecule has 0 heterocycles. The van der Waals surface area contributed by atoms with Gasteiger partial charge in [-0.3, -0.25) is 4.21 Å². The number of aryl methyl sites for hydroxylation is 1. The summed E-state index contributed by atoms with van der Waals surface area (Å²) >= 11 is 0. The molecule has 2 rings (SSSR count). The molecule has 31 heavy (non-hydrogen) atoms. The molecule has 0 bridgehead atoms. The highest BCUT2D eigenvalue weighted by Gasteiger charge is 2.30. The van der Waals surface area contributed by atoms with Crippen LogP contribution in [0, 0.1) is 6.92 Å². The Hall–Kier alpha value is -2.59. The lowest BCUT2D eigenvalue weighted by Gasteiger charge is -2.18. The summed E-state index contributed by atoms with van der Waals surface area (Å²) in [6.45, 7) is 3.37. The zero-order chi connectivity index (χ0) is 23.0. The third-order valence-electron chi connectivity index (χ3n) is 4.12. The van der Waals surface area contributed by atoms with Crippen molar-refractivity contribution < 1.29 is 41.5 Å². The van der Waals surface area contributed by atoms with Crippen molar-refractivity contribution in [2.75, 3.05) is 25.6 Å². The lowest BCUT2D eigenvalue weighted by atomic mass is 10.2. The molecular weight excluding hydrogens is 437 g/mol. The molecule has 0 aromatic heterocycles. The first-order valence-corrected chi connectivity index (χ1v) is 10.7. The predicted octanol–water partition coefficient (Wildman–Crippen LogP) is 4.07. The summed E-state index contributed by atoms with van der Waals surface area (Å²) in [6.07, 6.45) is -4.97. The van der Waals surface area contributed by atoms with Gasteiger partial charge in [0.1, 0.15) is 24.2 Å². The van der Waals surface area contributed by atoms with E-state index in [9.17, 15) is 22.2 Å². The normalized spacial score (nSPS) is 13.5. The standard InChI is InChI=1S/C21H23F3O6S/c1-3-28-17(11-29-16-6-4-15(5-7-16)21(22,23)24)13-31(27)18-8-9-19(14(2)10-18)30-12-20(25)26/h4-10,17H,3,11-13H2,1-2H3,(H,25,26)/t17-,31?/m1/s1. The number of benzene rings is 2. The first kappa shape index (κ1) is 24.7. The van der Waals surface area contributed by atoms with Crippen LogP contribution in [-0.4, -0.2) is 47.0 Å². The van der Waals surface area contributed by atoms with Crippen LogP contribution in [0.15, 0.2) is 47.4 Å². The van der Waals surface area contributed by atoms with Gasteiger partial charge >= 0.3 is 12.1 Å². The minimum absolute atomic E-state index is 0.0176. The van der Waals surface area contributed by atoms with Gasteiger partial charge in [0.25, 0.3) is 0 Å². The zero-order valence-corrected chi connectivity index (χ0v) is 17.8. The SMILES string of the molecule is CCO[C@H](COc1ccc(C(F)(F)F)cc1)CS(=O)c1ccc(OCC(=O)O)c(C)c1. The summed E-state index contributed by atoms with van der Waals surface area (Å²) in [5.74, 6) is -0.350. The van der Waals surface area contributed by atoms with Crippen molar-refractivity contribution in [3.8, 4) is 11.5 Å². The summed E-state index contributed by atoms with van der Waals surface area (Å²) in [7, 11) is -1.45. The van der Waals surface area contributed by atoms with Crippen molar-refractivity contribution in [3.05, 3.63) is 53.6 Å². The molecule has 1 unspecified atom stereocenters. The van der Waals surface area contributed by atoms with Gasteiger partial charge in [-0.25, -0.2) is 4.79 Å². The average molecular weight is 460 g/mol. The molecule has 0 saturated heterocycles. The van der Waals surface area contributed by atoms with Crippen molar-refractivity contribution in [2.24, 2.45) is 0 Å². The van der Waals surface area contributed by atoms with E-state index >= 15 is 0 Å². The first-order valence-electron chi connectivity index (χ1n) is 9.35. The van der Waals surface area contributed by atoms with Crippen LogP contribution in [0.1, 0.15) is 18.1 Å². The summed E-state index contributed by atoms with van der Waals surface area (Å²) in [5.41, 5.74) is -0.130. The van der Waals surface area contributed by atoms with Gasteiger partial charge in [-0.15, -0.1) is 0 Å². The second-order valence-electron chi connectivity index (χ2n) is 6.53. The van der Waals surface area contributed by atoms with Crippen LogP contribution in [0.2, 0.25) is 0 Å². The van der Waals surface area contributed by atoms with Gasteiger partial charge in [0.05, 0.1) is 22.1 Å². The number of hydrogen-bond acceptors (Lipinski definition) is 5. The van der Waals surface area contributed by atoms with Crippen LogP contribution in [-0.2, 0) is 26.5 Å². The van der Waals surface area contributed by atoms with Crippen LogP contribution < -0.4 is 9.47 Å². The molecule has 0 amide bonds. The Morgan fingerprint density at radius 2 is 1.81 bits per heavy atom. The fraction of sp³-hybridized carbons (Fsp3) is 0.381. The topological polar surface area (TPSA) is 82.1 Å². The third kappa shape index (κ3) is 7.87. The van der Waals surface area contributed by atoms with Crippen molar-refractivity contribution in [1.29, 1.82) is 0 Å². The van der Waals surface area contributed by atoms with Crippen LogP contribution in [0.3, 0.4) is 0 Å². The van der Waals surface area contributed by atoms with Gasteiger partial charge in [0.2, 0.25) is 0 Å². The minimum Gasteiger partial charge on any atom is -0.491 e. The number of aliphatic carboxylic acids is 1. The van der Waals surface area contributed by atoms with Crippen LogP contribution in [0.5, 0.6) is 11.5 Å². The fourth-order valence-electron chi connectivity index (χ4n) is 2.64. The van der Waals surface area contributed by atoms with Gasteiger partial charge in [-0.2, -0.15) is 13.2 Å². The van der Waals surface area contributed by atoms with E-state index in [1.165, 1.54) is 12.1 Å². The summed E-state index contributed by atoms with van der Waals surface area (Å²) in [6, 6.07) is 9.09. The Bertz CT molecular complexity index is 899. The Morgan fingerprint density at radius 1 is 1.13 bits per heavy atom. The van der Waals surface area contributed by atoms with E-state index in [-0.39, 0.29) is 18.1 Å². The summed E-state index contributed by atoms with van der Waals surface area (Å²) < 4.78 is 66.9. The maximum Gasteiger partial charge on any atom is 0.416 e. The molecule has 0 spiro atoms. The first-order chi connectivity index (χ1) is 14.6. The quantitative estimate of drug-likeness (QED) is 0.545. The van der Waals surface area contributed by atoms with Crippen molar-refractivity contribution in [3.63, 3.8) is 0 Å². The van der Waals surface area contributed by atoms with E-state index in [2.05, 4.69) is 0 Å². The molecule has 6 nitrogen and oxygen atoms in total. The molecule has 0 saturated carbocycles. The fourth-order valence-corrected chi connectivity index (χ4v) is 3.89. The van der Waals surface area contributed by atoms with Crippen molar-refractivity contribution in [2.45, 2.75) is 31.0 Å². The average Bonchev–Trinajstić information content (AvgIpc) is 2.70. The molecule has 170 valence electrons. The zero-order valence-electron chi connectivity index (χ0n) is 17.0. The maximum absolute atomic E-state index is 12.7. The van der Waals surface area contributed by atoms with E-state index in [1.54, 1.807) is 32.0 Å². The van der Waals surface area contributed by atoms with Crippen LogP contribution >= 0.6 is 0 Å². The number of halogens is 3. The van der Waals surface area contributed by atoms with E-state index in [4.69, 9.17) is 19.3 Å². The predicted molar refractivity (Wildman–Crippen MR) is 108 cm³/mol. The Morgan fingerprint density at radius 3 is 2.35 bits per heavy atom. The lowest BCUT2D eigenvalue weighted by molar-refractivity contribution is -0.139. The second kappa shape index (κ2) is 11.1. The van der Waals surface area contributed by atoms with E-state index in [1.807, 2.05) is 0 Å². The van der Waals surface area contributed by atoms with Gasteiger partial charge in [0.15, 0.2) is 6.61 Å². The number of carboxylic acids is 1. The highest BCUT2D eigenvalue weighted by Crippen LogP contribution is 2.30. The Labute approximate surface area is 180 Å². The van der Waals surface area contributed by atoms with Crippen molar-refractivity contribution in [1.82, 2.24) is 0 Å². The van der Waals surface area contributed by atoms with E-state index < -0.39 is 41.2 Å². The largest absolute Gasteiger partial charge is 0.491 e. The van der Waals surface area contributed by atoms with E-state index in [0.717, 1.165) is 12.1 Å². The molecule has 2 atom stereocenters. The van der Waals surface area contributed by atoms with E-state index in [0.29, 0.717) is 22.8 Å². The Kier molecular flexibility index (Phi) is 8.88. The molecule has 1 N–H and O–H groups in total. The molecule has 10 heteroatoms. The molecule has 0 fully saturated rings. The summed E-state index contributed by atoms with van der Waals surface area (Å²) in [4.78, 5) is 11.1. The van der Waals surface area contributed by atoms with Gasteiger partial charge < -0.3 is 19.3 Å². The highest BCUT2D eigenvalue weighted by atomic mass is 32.2. The monoisotopic (exact) mass is 460 g/mol. The second-order valence-corrected chi connectivity index (χ2v) is 8.03.